The van der Waals surface area contributed by atoms with Gasteiger partial charge < -0.3 is 30.4 Å². The lowest BCUT2D eigenvalue weighted by molar-refractivity contribution is -0.146. The number of hydrogen-bond acceptors (Lipinski definition) is 6. The third-order valence-electron chi connectivity index (χ3n) is 6.78. The van der Waals surface area contributed by atoms with Crippen LogP contribution in [0, 0.1) is 11.8 Å². The first-order valence-corrected chi connectivity index (χ1v) is 12.9. The van der Waals surface area contributed by atoms with E-state index in [1.54, 1.807) is 19.2 Å². The lowest BCUT2D eigenvalue weighted by Crippen LogP contribution is -2.53. The standard InChI is InChI=1S/C25H31BrN4O6/c1-35-20-8-7-16(26)21-15(20)12-18(28-21)24(33)29-17(10-13-5-6-13)23(32)30-19(25(34)36-2)11-14-4-3-9-27-22(14)31/h7-8,12-14,17,19,28H,3-6,9-11H2,1-2H3,(H,27,31)(H,29,33)(H,30,32)/t14-,17?,19?/m0/s1. The van der Waals surface area contributed by atoms with Crippen molar-refractivity contribution in [3.05, 3.63) is 28.4 Å². The number of rotatable bonds is 10. The van der Waals surface area contributed by atoms with Crippen LogP contribution in [-0.4, -0.2) is 61.5 Å². The van der Waals surface area contributed by atoms with E-state index in [1.165, 1.54) is 7.11 Å². The van der Waals surface area contributed by atoms with E-state index in [9.17, 15) is 19.2 Å². The van der Waals surface area contributed by atoms with Gasteiger partial charge in [0.15, 0.2) is 0 Å². The van der Waals surface area contributed by atoms with Crippen LogP contribution in [0.2, 0.25) is 0 Å². The molecular weight excluding hydrogens is 532 g/mol. The van der Waals surface area contributed by atoms with Gasteiger partial charge in [-0.1, -0.05) is 12.8 Å². The van der Waals surface area contributed by atoms with Crippen molar-refractivity contribution in [1.29, 1.82) is 0 Å². The van der Waals surface area contributed by atoms with E-state index in [1.807, 2.05) is 6.07 Å². The number of fused-ring (bicyclic) bond motifs is 1. The summed E-state index contributed by atoms with van der Waals surface area (Å²) in [6.45, 7) is 0.607. The molecule has 1 aromatic carbocycles. The minimum absolute atomic E-state index is 0.132. The van der Waals surface area contributed by atoms with Gasteiger partial charge in [0.1, 0.15) is 23.5 Å². The van der Waals surface area contributed by atoms with Gasteiger partial charge in [-0.3, -0.25) is 14.4 Å². The van der Waals surface area contributed by atoms with Crippen LogP contribution in [0.4, 0.5) is 0 Å². The van der Waals surface area contributed by atoms with E-state index >= 15 is 0 Å². The normalized spacial score (nSPS) is 19.2. The predicted octanol–water partition coefficient (Wildman–Crippen LogP) is 2.41. The molecule has 2 heterocycles. The van der Waals surface area contributed by atoms with Crippen LogP contribution < -0.4 is 20.7 Å². The summed E-state index contributed by atoms with van der Waals surface area (Å²) < 4.78 is 11.1. The van der Waals surface area contributed by atoms with Crippen molar-refractivity contribution in [2.45, 2.75) is 50.6 Å². The number of benzene rings is 1. The summed E-state index contributed by atoms with van der Waals surface area (Å²) in [5.74, 6) is -1.11. The molecule has 0 spiro atoms. The summed E-state index contributed by atoms with van der Waals surface area (Å²) in [7, 11) is 2.80. The monoisotopic (exact) mass is 562 g/mol. The molecule has 0 bridgehead atoms. The fourth-order valence-corrected chi connectivity index (χ4v) is 5.03. The zero-order valence-electron chi connectivity index (χ0n) is 20.3. The van der Waals surface area contributed by atoms with Crippen LogP contribution in [0.3, 0.4) is 0 Å². The Morgan fingerprint density at radius 3 is 2.56 bits per heavy atom. The topological polar surface area (TPSA) is 139 Å². The highest BCUT2D eigenvalue weighted by Crippen LogP contribution is 2.34. The average molecular weight is 563 g/mol. The van der Waals surface area contributed by atoms with E-state index in [0.29, 0.717) is 36.6 Å². The minimum atomic E-state index is -0.983. The number of amides is 3. The number of aromatic nitrogens is 1. The highest BCUT2D eigenvalue weighted by Gasteiger charge is 2.35. The number of piperidine rings is 1. The van der Waals surface area contributed by atoms with Crippen LogP contribution >= 0.6 is 15.9 Å². The van der Waals surface area contributed by atoms with Crippen molar-refractivity contribution < 1.29 is 28.7 Å². The molecule has 2 fully saturated rings. The van der Waals surface area contributed by atoms with Crippen molar-refractivity contribution in [3.63, 3.8) is 0 Å². The first-order valence-electron chi connectivity index (χ1n) is 12.1. The molecule has 2 unspecified atom stereocenters. The molecule has 1 saturated carbocycles. The molecule has 194 valence electrons. The van der Waals surface area contributed by atoms with Crippen LogP contribution in [0.1, 0.15) is 49.0 Å². The second kappa shape index (κ2) is 11.3. The number of ether oxygens (including phenoxy) is 2. The smallest absolute Gasteiger partial charge is 0.328 e. The Balaban J connectivity index is 1.49. The molecule has 1 aromatic heterocycles. The van der Waals surface area contributed by atoms with Crippen molar-refractivity contribution in [3.8, 4) is 5.75 Å². The molecule has 2 aromatic rings. The van der Waals surface area contributed by atoms with Crippen LogP contribution in [-0.2, 0) is 19.1 Å². The van der Waals surface area contributed by atoms with Gasteiger partial charge in [-0.25, -0.2) is 4.79 Å². The fourth-order valence-electron chi connectivity index (χ4n) is 4.59. The summed E-state index contributed by atoms with van der Waals surface area (Å²) >= 11 is 3.48. The molecule has 3 amide bonds. The summed E-state index contributed by atoms with van der Waals surface area (Å²) in [6, 6.07) is 3.48. The van der Waals surface area contributed by atoms with Crippen molar-refractivity contribution in [2.24, 2.45) is 11.8 Å². The SMILES string of the molecule is COC(=O)C(C[C@@H]1CCCNC1=O)NC(=O)C(CC1CC1)NC(=O)c1cc2c(OC)ccc(Br)c2[nH]1. The van der Waals surface area contributed by atoms with Crippen LogP contribution in [0.15, 0.2) is 22.7 Å². The number of methoxy groups -OCH3 is 2. The third kappa shape index (κ3) is 6.00. The highest BCUT2D eigenvalue weighted by molar-refractivity contribution is 9.10. The first-order chi connectivity index (χ1) is 17.3. The van der Waals surface area contributed by atoms with Crippen molar-refractivity contribution >= 4 is 50.5 Å². The Morgan fingerprint density at radius 1 is 1.11 bits per heavy atom. The summed E-state index contributed by atoms with van der Waals surface area (Å²) in [5, 5.41) is 9.09. The largest absolute Gasteiger partial charge is 0.496 e. The maximum absolute atomic E-state index is 13.3. The Hall–Kier alpha value is -3.08. The zero-order valence-corrected chi connectivity index (χ0v) is 21.9. The summed E-state index contributed by atoms with van der Waals surface area (Å²) in [6.07, 6.45) is 4.02. The number of halogens is 1. The average Bonchev–Trinajstić information content (AvgIpc) is 3.57. The number of aromatic amines is 1. The number of esters is 1. The van der Waals surface area contributed by atoms with E-state index in [0.717, 1.165) is 29.1 Å². The van der Waals surface area contributed by atoms with Gasteiger partial charge >= 0.3 is 5.97 Å². The Kier molecular flexibility index (Phi) is 8.17. The van der Waals surface area contributed by atoms with Gasteiger partial charge in [-0.05, 0) is 65.7 Å². The van der Waals surface area contributed by atoms with E-state index < -0.39 is 29.9 Å². The molecule has 4 N–H and O–H groups in total. The number of carbonyl (C=O) groups excluding carboxylic acids is 4. The fraction of sp³-hybridized carbons (Fsp3) is 0.520. The van der Waals surface area contributed by atoms with Crippen LogP contribution in [0.5, 0.6) is 5.75 Å². The molecule has 1 saturated heterocycles. The van der Waals surface area contributed by atoms with E-state index in [-0.39, 0.29) is 23.9 Å². The lowest BCUT2D eigenvalue weighted by Gasteiger charge is -2.27. The molecule has 36 heavy (non-hydrogen) atoms. The molecule has 1 aliphatic heterocycles. The Bertz CT molecular complexity index is 1160. The number of H-pyrrole nitrogens is 1. The number of hydrogen-bond donors (Lipinski definition) is 4. The maximum atomic E-state index is 13.3. The second-order valence-electron chi connectivity index (χ2n) is 9.38. The maximum Gasteiger partial charge on any atom is 0.328 e. The number of carbonyl (C=O) groups is 4. The summed E-state index contributed by atoms with van der Waals surface area (Å²) in [4.78, 5) is 54.2. The molecule has 10 nitrogen and oxygen atoms in total. The molecule has 4 rings (SSSR count). The molecule has 3 atom stereocenters. The van der Waals surface area contributed by atoms with Crippen molar-refractivity contribution in [1.82, 2.24) is 20.9 Å². The van der Waals surface area contributed by atoms with Crippen molar-refractivity contribution in [2.75, 3.05) is 20.8 Å². The Labute approximate surface area is 217 Å². The third-order valence-corrected chi connectivity index (χ3v) is 7.44. The molecule has 0 radical (unpaired) electrons. The van der Waals surface area contributed by atoms with Gasteiger partial charge in [0.25, 0.3) is 5.91 Å². The van der Waals surface area contributed by atoms with E-state index in [4.69, 9.17) is 9.47 Å². The highest BCUT2D eigenvalue weighted by atomic mass is 79.9. The second-order valence-corrected chi connectivity index (χ2v) is 10.2. The lowest BCUT2D eigenvalue weighted by atomic mass is 9.91. The summed E-state index contributed by atoms with van der Waals surface area (Å²) in [5.41, 5.74) is 0.992. The molecule has 11 heteroatoms. The Morgan fingerprint density at radius 2 is 1.89 bits per heavy atom. The van der Waals surface area contributed by atoms with Gasteiger partial charge in [-0.15, -0.1) is 0 Å². The quantitative estimate of drug-likeness (QED) is 0.328. The zero-order chi connectivity index (χ0) is 25.8. The minimum Gasteiger partial charge on any atom is -0.496 e. The van der Waals surface area contributed by atoms with Crippen LogP contribution in [0.25, 0.3) is 10.9 Å². The molecule has 2 aliphatic rings. The predicted molar refractivity (Wildman–Crippen MR) is 135 cm³/mol. The number of nitrogens with one attached hydrogen (secondary N) is 4. The van der Waals surface area contributed by atoms with Gasteiger partial charge in [0, 0.05) is 22.3 Å². The molecular formula is C25H31BrN4O6. The van der Waals surface area contributed by atoms with E-state index in [2.05, 4.69) is 36.9 Å². The van der Waals surface area contributed by atoms with Gasteiger partial charge in [0.05, 0.1) is 19.7 Å². The van der Waals surface area contributed by atoms with Gasteiger partial charge in [0.2, 0.25) is 11.8 Å². The van der Waals surface area contributed by atoms with Gasteiger partial charge in [-0.2, -0.15) is 0 Å². The first kappa shape index (κ1) is 26.0. The molecule has 1 aliphatic carbocycles.